The molecule has 0 unspecified atom stereocenters. The van der Waals surface area contributed by atoms with E-state index < -0.39 is 0 Å². The minimum Gasteiger partial charge on any atom is -0.311 e. The minimum atomic E-state index is -0.0566. The van der Waals surface area contributed by atoms with E-state index in [2.05, 4.69) is 10.3 Å². The molecule has 0 saturated carbocycles. The topological polar surface area (TPSA) is 42.0 Å². The number of halogens is 1. The van der Waals surface area contributed by atoms with E-state index in [0.717, 1.165) is 5.39 Å². The Morgan fingerprint density at radius 1 is 1.38 bits per heavy atom. The van der Waals surface area contributed by atoms with Gasteiger partial charge in [0.05, 0.1) is 10.5 Å². The van der Waals surface area contributed by atoms with E-state index in [1.807, 2.05) is 18.2 Å². The number of pyridine rings is 1. The molecule has 1 amide bonds. The second kappa shape index (κ2) is 4.49. The van der Waals surface area contributed by atoms with E-state index in [1.54, 1.807) is 19.1 Å². The Morgan fingerprint density at radius 2 is 2.19 bits per heavy atom. The first-order valence-electron chi connectivity index (χ1n) is 5.06. The van der Waals surface area contributed by atoms with Gasteiger partial charge in [-0.1, -0.05) is 30.7 Å². The van der Waals surface area contributed by atoms with Gasteiger partial charge in [0.25, 0.3) is 0 Å². The summed E-state index contributed by atoms with van der Waals surface area (Å²) in [5.74, 6) is 0.478. The molecule has 0 radical (unpaired) electrons. The normalized spacial score (nSPS) is 10.4. The Kier molecular flexibility index (Phi) is 3.06. The lowest BCUT2D eigenvalue weighted by atomic mass is 10.2. The highest BCUT2D eigenvalue weighted by molar-refractivity contribution is 6.35. The molecule has 4 heteroatoms. The number of amides is 1. The Morgan fingerprint density at radius 3 is 2.94 bits per heavy atom. The Bertz CT molecular complexity index is 540. The molecule has 0 aliphatic rings. The predicted octanol–water partition coefficient (Wildman–Crippen LogP) is 3.24. The molecule has 0 aliphatic heterocycles. The van der Waals surface area contributed by atoms with Crippen LogP contribution in [0.1, 0.15) is 13.3 Å². The summed E-state index contributed by atoms with van der Waals surface area (Å²) in [6, 6.07) is 9.24. The second-order valence-electron chi connectivity index (χ2n) is 3.41. The Labute approximate surface area is 98.4 Å². The largest absolute Gasteiger partial charge is 0.311 e. The van der Waals surface area contributed by atoms with Crippen LogP contribution in [0.2, 0.25) is 5.02 Å². The molecule has 16 heavy (non-hydrogen) atoms. The van der Waals surface area contributed by atoms with Crippen LogP contribution in [0, 0.1) is 0 Å². The number of aromatic nitrogens is 1. The van der Waals surface area contributed by atoms with Gasteiger partial charge in [0.15, 0.2) is 0 Å². The number of nitrogens with one attached hydrogen (secondary N) is 1. The summed E-state index contributed by atoms with van der Waals surface area (Å²) in [6.45, 7) is 1.79. The first-order chi connectivity index (χ1) is 7.70. The lowest BCUT2D eigenvalue weighted by molar-refractivity contribution is -0.115. The molecule has 0 spiro atoms. The van der Waals surface area contributed by atoms with Gasteiger partial charge < -0.3 is 5.32 Å². The number of hydrogen-bond acceptors (Lipinski definition) is 2. The number of hydrogen-bond donors (Lipinski definition) is 1. The summed E-state index contributed by atoms with van der Waals surface area (Å²) in [5.41, 5.74) is 0.707. The van der Waals surface area contributed by atoms with Gasteiger partial charge in [-0.2, -0.15) is 0 Å². The van der Waals surface area contributed by atoms with Crippen molar-refractivity contribution < 1.29 is 4.79 Å². The van der Waals surface area contributed by atoms with Crippen LogP contribution < -0.4 is 5.32 Å². The molecule has 0 bridgehead atoms. The van der Waals surface area contributed by atoms with Crippen molar-refractivity contribution in [2.24, 2.45) is 0 Å². The Balaban J connectivity index is 2.43. The molecule has 0 aliphatic carbocycles. The summed E-state index contributed by atoms with van der Waals surface area (Å²) >= 11 is 6.02. The Hall–Kier alpha value is -1.61. The smallest absolute Gasteiger partial charge is 0.225 e. The van der Waals surface area contributed by atoms with E-state index >= 15 is 0 Å². The van der Waals surface area contributed by atoms with Crippen LogP contribution in [0.3, 0.4) is 0 Å². The predicted molar refractivity (Wildman–Crippen MR) is 65.7 cm³/mol. The van der Waals surface area contributed by atoms with Crippen molar-refractivity contribution in [1.82, 2.24) is 4.98 Å². The summed E-state index contributed by atoms with van der Waals surface area (Å²) in [4.78, 5) is 15.5. The van der Waals surface area contributed by atoms with Crippen LogP contribution >= 0.6 is 11.6 Å². The molecule has 0 atom stereocenters. The van der Waals surface area contributed by atoms with Crippen molar-refractivity contribution >= 4 is 34.2 Å². The maximum absolute atomic E-state index is 11.2. The molecule has 0 saturated heterocycles. The molecule has 3 nitrogen and oxygen atoms in total. The van der Waals surface area contributed by atoms with E-state index in [-0.39, 0.29) is 5.91 Å². The van der Waals surface area contributed by atoms with Crippen LogP contribution in [0.5, 0.6) is 0 Å². The molecule has 82 valence electrons. The molecule has 2 aromatic rings. The zero-order valence-corrected chi connectivity index (χ0v) is 9.58. The van der Waals surface area contributed by atoms with E-state index in [1.165, 1.54) is 0 Å². The van der Waals surface area contributed by atoms with Gasteiger partial charge in [-0.25, -0.2) is 4.98 Å². The number of anilines is 1. The van der Waals surface area contributed by atoms with E-state index in [4.69, 9.17) is 11.6 Å². The maximum Gasteiger partial charge on any atom is 0.225 e. The van der Waals surface area contributed by atoms with Crippen LogP contribution in [-0.4, -0.2) is 10.9 Å². The van der Waals surface area contributed by atoms with E-state index in [0.29, 0.717) is 22.8 Å². The second-order valence-corrected chi connectivity index (χ2v) is 3.82. The van der Waals surface area contributed by atoms with Crippen molar-refractivity contribution in [3.63, 3.8) is 0 Å². The minimum absolute atomic E-state index is 0.0566. The zero-order chi connectivity index (χ0) is 11.5. The lowest BCUT2D eigenvalue weighted by Gasteiger charge is -2.05. The molecule has 2 rings (SSSR count). The van der Waals surface area contributed by atoms with Gasteiger partial charge in [0.2, 0.25) is 5.91 Å². The highest BCUT2D eigenvalue weighted by atomic mass is 35.5. The SMILES string of the molecule is CCC(=O)Nc1ccc2cccc(Cl)c2n1. The summed E-state index contributed by atoms with van der Waals surface area (Å²) < 4.78 is 0. The van der Waals surface area contributed by atoms with Crippen LogP contribution in [-0.2, 0) is 4.79 Å². The summed E-state index contributed by atoms with van der Waals surface area (Å²) in [5, 5.41) is 4.25. The van der Waals surface area contributed by atoms with Gasteiger partial charge in [-0.15, -0.1) is 0 Å². The molecule has 1 N–H and O–H groups in total. The van der Waals surface area contributed by atoms with Gasteiger partial charge >= 0.3 is 0 Å². The quantitative estimate of drug-likeness (QED) is 0.867. The summed E-state index contributed by atoms with van der Waals surface area (Å²) in [7, 11) is 0. The first-order valence-corrected chi connectivity index (χ1v) is 5.43. The average molecular weight is 235 g/mol. The fourth-order valence-electron chi connectivity index (χ4n) is 1.41. The van der Waals surface area contributed by atoms with Crippen LogP contribution in [0.4, 0.5) is 5.82 Å². The number of nitrogens with zero attached hydrogens (tertiary/aromatic N) is 1. The molecular weight excluding hydrogens is 224 g/mol. The average Bonchev–Trinajstić information content (AvgIpc) is 2.30. The van der Waals surface area contributed by atoms with Gasteiger partial charge in [-0.05, 0) is 18.2 Å². The van der Waals surface area contributed by atoms with Crippen LogP contribution in [0.15, 0.2) is 30.3 Å². The maximum atomic E-state index is 11.2. The number of para-hydroxylation sites is 1. The van der Waals surface area contributed by atoms with Crippen molar-refractivity contribution in [1.29, 1.82) is 0 Å². The van der Waals surface area contributed by atoms with Crippen molar-refractivity contribution in [2.45, 2.75) is 13.3 Å². The fraction of sp³-hybridized carbons (Fsp3) is 0.167. The standard InChI is InChI=1S/C12H11ClN2O/c1-2-11(16)14-10-7-6-8-4-3-5-9(13)12(8)15-10/h3-7H,2H2,1H3,(H,14,15,16). The fourth-order valence-corrected chi connectivity index (χ4v) is 1.64. The van der Waals surface area contributed by atoms with Crippen LogP contribution in [0.25, 0.3) is 10.9 Å². The number of carbonyl (C=O) groups is 1. The van der Waals surface area contributed by atoms with E-state index in [9.17, 15) is 4.79 Å². The lowest BCUT2D eigenvalue weighted by Crippen LogP contribution is -2.10. The monoisotopic (exact) mass is 234 g/mol. The number of carbonyl (C=O) groups excluding carboxylic acids is 1. The third kappa shape index (κ3) is 2.14. The van der Waals surface area contributed by atoms with Gasteiger partial charge in [0, 0.05) is 11.8 Å². The van der Waals surface area contributed by atoms with Crippen molar-refractivity contribution in [3.05, 3.63) is 35.4 Å². The molecular formula is C12H11ClN2O. The number of rotatable bonds is 2. The number of fused-ring (bicyclic) bond motifs is 1. The zero-order valence-electron chi connectivity index (χ0n) is 8.83. The van der Waals surface area contributed by atoms with Gasteiger partial charge in [-0.3, -0.25) is 4.79 Å². The van der Waals surface area contributed by atoms with Crippen molar-refractivity contribution in [2.75, 3.05) is 5.32 Å². The summed E-state index contributed by atoms with van der Waals surface area (Å²) in [6.07, 6.45) is 0.433. The molecule has 1 aromatic heterocycles. The molecule has 0 fully saturated rings. The third-order valence-corrected chi connectivity index (χ3v) is 2.56. The first kappa shape index (κ1) is 10.9. The van der Waals surface area contributed by atoms with Crippen molar-refractivity contribution in [3.8, 4) is 0 Å². The molecule has 1 aromatic carbocycles. The van der Waals surface area contributed by atoms with Gasteiger partial charge in [0.1, 0.15) is 5.82 Å². The molecule has 1 heterocycles. The highest BCUT2D eigenvalue weighted by Gasteiger charge is 2.03. The third-order valence-electron chi connectivity index (χ3n) is 2.26. The highest BCUT2D eigenvalue weighted by Crippen LogP contribution is 2.22. The number of benzene rings is 1.